The number of hydrogen-bond acceptors (Lipinski definition) is 5. The molecule has 1 aliphatic carbocycles. The summed E-state index contributed by atoms with van der Waals surface area (Å²) in [4.78, 5) is 12.9. The third-order valence-electron chi connectivity index (χ3n) is 5.49. The minimum absolute atomic E-state index is 0. The molecule has 1 saturated heterocycles. The van der Waals surface area contributed by atoms with Crippen molar-refractivity contribution in [3.8, 4) is 0 Å². The summed E-state index contributed by atoms with van der Waals surface area (Å²) in [6.45, 7) is 1.82. The topological polar surface area (TPSA) is 102 Å². The second-order valence-corrected chi connectivity index (χ2v) is 9.20. The number of ether oxygens (including phenoxy) is 1. The van der Waals surface area contributed by atoms with E-state index in [2.05, 4.69) is 5.32 Å². The third-order valence-corrected chi connectivity index (χ3v) is 7.39. The number of carbonyl (C=O) groups is 1. The predicted molar refractivity (Wildman–Crippen MR) is 110 cm³/mol. The number of amides is 1. The van der Waals surface area contributed by atoms with Crippen molar-refractivity contribution in [3.05, 3.63) is 29.8 Å². The van der Waals surface area contributed by atoms with Crippen LogP contribution in [0.1, 0.15) is 42.5 Å². The van der Waals surface area contributed by atoms with E-state index in [4.69, 9.17) is 10.5 Å². The molecule has 0 bridgehead atoms. The van der Waals surface area contributed by atoms with Gasteiger partial charge in [-0.2, -0.15) is 4.31 Å². The van der Waals surface area contributed by atoms with Crippen LogP contribution in [-0.2, 0) is 14.8 Å². The van der Waals surface area contributed by atoms with E-state index >= 15 is 0 Å². The van der Waals surface area contributed by atoms with Gasteiger partial charge in [-0.25, -0.2) is 8.42 Å². The van der Waals surface area contributed by atoms with E-state index in [0.717, 1.165) is 12.8 Å². The van der Waals surface area contributed by atoms with Crippen molar-refractivity contribution in [2.75, 3.05) is 32.8 Å². The molecule has 1 amide bonds. The van der Waals surface area contributed by atoms with Gasteiger partial charge in [0.15, 0.2) is 0 Å². The summed E-state index contributed by atoms with van der Waals surface area (Å²) >= 11 is 0. The zero-order chi connectivity index (χ0) is 19.3. The summed E-state index contributed by atoms with van der Waals surface area (Å²) in [6, 6.07) is 6.16. The third kappa shape index (κ3) is 5.45. The van der Waals surface area contributed by atoms with Gasteiger partial charge in [0, 0.05) is 31.2 Å². The molecule has 3 rings (SSSR count). The van der Waals surface area contributed by atoms with Crippen molar-refractivity contribution in [1.29, 1.82) is 0 Å². The first-order valence-corrected chi connectivity index (χ1v) is 11.2. The largest absolute Gasteiger partial charge is 0.379 e. The lowest BCUT2D eigenvalue weighted by molar-refractivity contribution is 0.0730. The van der Waals surface area contributed by atoms with Gasteiger partial charge in [0.1, 0.15) is 0 Å². The molecule has 1 heterocycles. The van der Waals surface area contributed by atoms with Crippen LogP contribution >= 0.6 is 12.4 Å². The first-order valence-electron chi connectivity index (χ1n) is 9.71. The predicted octanol–water partition coefficient (Wildman–Crippen LogP) is 1.77. The highest BCUT2D eigenvalue weighted by molar-refractivity contribution is 7.89. The van der Waals surface area contributed by atoms with Crippen LogP contribution in [0.4, 0.5) is 0 Å². The van der Waals surface area contributed by atoms with Crippen molar-refractivity contribution >= 4 is 28.3 Å². The molecule has 1 unspecified atom stereocenters. The fraction of sp³-hybridized carbons (Fsp3) is 0.632. The van der Waals surface area contributed by atoms with Gasteiger partial charge in [-0.05, 0) is 37.0 Å². The summed E-state index contributed by atoms with van der Waals surface area (Å²) in [5.74, 6) is 0.128. The number of carbonyl (C=O) groups excluding carboxylic acids is 1. The molecule has 9 heteroatoms. The van der Waals surface area contributed by atoms with E-state index < -0.39 is 10.0 Å². The summed E-state index contributed by atoms with van der Waals surface area (Å²) < 4.78 is 32.2. The summed E-state index contributed by atoms with van der Waals surface area (Å²) in [6.07, 6.45) is 5.74. The molecule has 2 aliphatic rings. The Kier molecular flexibility index (Phi) is 8.70. The van der Waals surface area contributed by atoms with Crippen molar-refractivity contribution < 1.29 is 17.9 Å². The van der Waals surface area contributed by atoms with Crippen LogP contribution < -0.4 is 11.1 Å². The molecule has 1 aliphatic heterocycles. The van der Waals surface area contributed by atoms with Gasteiger partial charge >= 0.3 is 0 Å². The van der Waals surface area contributed by atoms with Crippen LogP contribution in [0.5, 0.6) is 0 Å². The highest BCUT2D eigenvalue weighted by Crippen LogP contribution is 2.26. The summed E-state index contributed by atoms with van der Waals surface area (Å²) in [7, 11) is -3.62. The quantitative estimate of drug-likeness (QED) is 0.714. The highest BCUT2D eigenvalue weighted by atomic mass is 35.5. The minimum Gasteiger partial charge on any atom is -0.379 e. The van der Waals surface area contributed by atoms with Gasteiger partial charge < -0.3 is 15.8 Å². The molecule has 1 saturated carbocycles. The molecule has 0 radical (unpaired) electrons. The number of sulfonamides is 1. The molecule has 3 N–H and O–H groups in total. The SMILES string of the molecule is Cl.NCC(NC(=O)c1cccc(S(=O)(=O)N2CCOCC2)c1)C1CCCCC1. The van der Waals surface area contributed by atoms with Crippen LogP contribution in [0.3, 0.4) is 0 Å². The number of rotatable bonds is 6. The first-order chi connectivity index (χ1) is 13.0. The molecule has 7 nitrogen and oxygen atoms in total. The van der Waals surface area contributed by atoms with E-state index in [0.29, 0.717) is 44.3 Å². The zero-order valence-corrected chi connectivity index (χ0v) is 17.6. The van der Waals surface area contributed by atoms with Crippen LogP contribution in [0, 0.1) is 5.92 Å². The lowest BCUT2D eigenvalue weighted by Gasteiger charge is -2.30. The minimum atomic E-state index is -3.62. The van der Waals surface area contributed by atoms with Gasteiger partial charge in [-0.1, -0.05) is 25.3 Å². The average Bonchev–Trinajstić information content (AvgIpc) is 2.73. The van der Waals surface area contributed by atoms with Gasteiger partial charge in [-0.3, -0.25) is 4.79 Å². The van der Waals surface area contributed by atoms with E-state index in [1.807, 2.05) is 0 Å². The Labute approximate surface area is 173 Å². The molecule has 0 aromatic heterocycles. The second kappa shape index (κ2) is 10.5. The highest BCUT2D eigenvalue weighted by Gasteiger charge is 2.28. The number of nitrogens with two attached hydrogens (primary N) is 1. The van der Waals surface area contributed by atoms with E-state index in [9.17, 15) is 13.2 Å². The van der Waals surface area contributed by atoms with Crippen LogP contribution in [-0.4, -0.2) is 57.5 Å². The fourth-order valence-electron chi connectivity index (χ4n) is 3.89. The molecule has 28 heavy (non-hydrogen) atoms. The van der Waals surface area contributed by atoms with E-state index in [-0.39, 0.29) is 29.3 Å². The number of hydrogen-bond donors (Lipinski definition) is 2. The molecule has 1 aromatic carbocycles. The molecule has 0 spiro atoms. The summed E-state index contributed by atoms with van der Waals surface area (Å²) in [5, 5.41) is 3.02. The zero-order valence-electron chi connectivity index (χ0n) is 16.0. The van der Waals surface area contributed by atoms with Gasteiger partial charge in [0.2, 0.25) is 10.0 Å². The van der Waals surface area contributed by atoms with Gasteiger partial charge in [0.05, 0.1) is 18.1 Å². The molecular formula is C19H30ClN3O4S. The smallest absolute Gasteiger partial charge is 0.251 e. The summed E-state index contributed by atoms with van der Waals surface area (Å²) in [5.41, 5.74) is 6.24. The standard InChI is InChI=1S/C19H29N3O4S.ClH/c20-14-18(15-5-2-1-3-6-15)21-19(23)16-7-4-8-17(13-16)27(24,25)22-9-11-26-12-10-22;/h4,7-8,13,15,18H,1-3,5-6,9-12,14,20H2,(H,21,23);1H. The molecule has 2 fully saturated rings. The number of morpholine rings is 1. The average molecular weight is 432 g/mol. The monoisotopic (exact) mass is 431 g/mol. The molecule has 158 valence electrons. The fourth-order valence-corrected chi connectivity index (χ4v) is 5.35. The Bertz CT molecular complexity index is 747. The van der Waals surface area contributed by atoms with Crippen LogP contribution in [0.2, 0.25) is 0 Å². The second-order valence-electron chi connectivity index (χ2n) is 7.26. The van der Waals surface area contributed by atoms with Gasteiger partial charge in [0.25, 0.3) is 5.91 Å². The Hall–Kier alpha value is -1.19. The van der Waals surface area contributed by atoms with Crippen molar-refractivity contribution in [3.63, 3.8) is 0 Å². The van der Waals surface area contributed by atoms with Gasteiger partial charge in [-0.15, -0.1) is 12.4 Å². The Morgan fingerprint density at radius 3 is 2.54 bits per heavy atom. The van der Waals surface area contributed by atoms with E-state index in [1.54, 1.807) is 12.1 Å². The lowest BCUT2D eigenvalue weighted by atomic mass is 9.84. The maximum absolute atomic E-state index is 12.8. The maximum atomic E-state index is 12.8. The maximum Gasteiger partial charge on any atom is 0.251 e. The van der Waals surface area contributed by atoms with Crippen LogP contribution in [0.25, 0.3) is 0 Å². The van der Waals surface area contributed by atoms with Crippen molar-refractivity contribution in [2.24, 2.45) is 11.7 Å². The molecule has 1 aromatic rings. The molecular weight excluding hydrogens is 402 g/mol. The lowest BCUT2D eigenvalue weighted by Crippen LogP contribution is -2.46. The Balaban J connectivity index is 0.00000280. The Morgan fingerprint density at radius 1 is 1.21 bits per heavy atom. The van der Waals surface area contributed by atoms with Crippen molar-refractivity contribution in [2.45, 2.75) is 43.0 Å². The van der Waals surface area contributed by atoms with Crippen LogP contribution in [0.15, 0.2) is 29.2 Å². The normalized spacial score (nSPS) is 20.2. The Morgan fingerprint density at radius 2 is 1.89 bits per heavy atom. The number of nitrogens with one attached hydrogen (secondary N) is 1. The van der Waals surface area contributed by atoms with Crippen molar-refractivity contribution in [1.82, 2.24) is 9.62 Å². The number of benzene rings is 1. The number of halogens is 1. The number of nitrogens with zero attached hydrogens (tertiary/aromatic N) is 1. The molecule has 1 atom stereocenters. The first kappa shape index (κ1) is 23.1. The van der Waals surface area contributed by atoms with E-state index in [1.165, 1.54) is 35.7 Å².